The highest BCUT2D eigenvalue weighted by Crippen LogP contribution is 2.24. The first-order valence-corrected chi connectivity index (χ1v) is 7.18. The van der Waals surface area contributed by atoms with Crippen molar-refractivity contribution in [3.8, 4) is 0 Å². The minimum atomic E-state index is 0.493. The number of thiocarbonyl (C=S) groups is 1. The summed E-state index contributed by atoms with van der Waals surface area (Å²) in [7, 11) is 0. The van der Waals surface area contributed by atoms with Gasteiger partial charge >= 0.3 is 0 Å². The molecule has 0 saturated carbocycles. The molecule has 0 saturated heterocycles. The minimum absolute atomic E-state index is 0.493. The van der Waals surface area contributed by atoms with Gasteiger partial charge in [-0.25, -0.2) is 0 Å². The number of benzene rings is 2. The van der Waals surface area contributed by atoms with Crippen LogP contribution in [0.15, 0.2) is 60.9 Å². The first-order chi connectivity index (χ1) is 10.2. The Morgan fingerprint density at radius 2 is 1.71 bits per heavy atom. The van der Waals surface area contributed by atoms with Crippen LogP contribution in [-0.4, -0.2) is 10.1 Å². The molecule has 0 aliphatic carbocycles. The van der Waals surface area contributed by atoms with E-state index in [4.69, 9.17) is 23.8 Å². The highest BCUT2D eigenvalue weighted by Gasteiger charge is 2.05. The zero-order valence-corrected chi connectivity index (χ0v) is 12.6. The summed E-state index contributed by atoms with van der Waals surface area (Å²) in [6.07, 6.45) is 3.59. The van der Waals surface area contributed by atoms with Gasteiger partial charge in [-0.05, 0) is 36.5 Å². The number of halogens is 1. The van der Waals surface area contributed by atoms with Crippen LogP contribution in [-0.2, 0) is 0 Å². The summed E-state index contributed by atoms with van der Waals surface area (Å²) in [5.74, 6) is 0. The fourth-order valence-electron chi connectivity index (χ4n) is 2.07. The molecule has 21 heavy (non-hydrogen) atoms. The molecule has 0 amide bonds. The molecule has 1 heterocycles. The maximum absolute atomic E-state index is 6.11. The molecule has 3 nitrogen and oxygen atoms in total. The number of rotatable bonds is 2. The molecule has 2 N–H and O–H groups in total. The van der Waals surface area contributed by atoms with Gasteiger partial charge < -0.3 is 10.6 Å². The predicted octanol–water partition coefficient (Wildman–Crippen LogP) is 4.70. The quantitative estimate of drug-likeness (QED) is 0.673. The van der Waals surface area contributed by atoms with Crippen molar-refractivity contribution in [3.05, 3.63) is 65.9 Å². The molecule has 0 atom stereocenters. The third-order valence-electron chi connectivity index (χ3n) is 3.05. The van der Waals surface area contributed by atoms with Crippen molar-refractivity contribution in [2.24, 2.45) is 0 Å². The molecular weight excluding hydrogens is 302 g/mol. The molecule has 0 unspecified atom stereocenters. The molecule has 0 bridgehead atoms. The van der Waals surface area contributed by atoms with Crippen molar-refractivity contribution in [1.82, 2.24) is 4.98 Å². The van der Waals surface area contributed by atoms with Crippen molar-refractivity contribution in [2.45, 2.75) is 0 Å². The Hall–Kier alpha value is -2.17. The Labute approximate surface area is 133 Å². The van der Waals surface area contributed by atoms with Crippen LogP contribution in [0, 0.1) is 0 Å². The summed E-state index contributed by atoms with van der Waals surface area (Å²) in [4.78, 5) is 4.12. The molecule has 104 valence electrons. The number of aromatic nitrogens is 1. The number of hydrogen-bond acceptors (Lipinski definition) is 2. The second-order valence-electron chi connectivity index (χ2n) is 4.46. The molecule has 0 fully saturated rings. The van der Waals surface area contributed by atoms with E-state index in [1.165, 1.54) is 0 Å². The van der Waals surface area contributed by atoms with Gasteiger partial charge in [0.05, 0.1) is 10.7 Å². The summed E-state index contributed by atoms with van der Waals surface area (Å²) < 4.78 is 0. The SMILES string of the molecule is S=C(Nc1ccccc1Cl)Nc1cccc2cnccc12. The lowest BCUT2D eigenvalue weighted by Crippen LogP contribution is -2.19. The van der Waals surface area contributed by atoms with E-state index in [1.54, 1.807) is 6.20 Å². The standard InChI is InChI=1S/C16H12ClN3S/c17-13-5-1-2-6-15(13)20-16(21)19-14-7-3-4-11-10-18-9-8-12(11)14/h1-10H,(H2,19,20,21). The van der Waals surface area contributed by atoms with Crippen LogP contribution >= 0.6 is 23.8 Å². The Kier molecular flexibility index (Phi) is 3.99. The van der Waals surface area contributed by atoms with E-state index >= 15 is 0 Å². The van der Waals surface area contributed by atoms with E-state index < -0.39 is 0 Å². The molecule has 0 aliphatic heterocycles. The van der Waals surface area contributed by atoms with Crippen LogP contribution < -0.4 is 10.6 Å². The third-order valence-corrected chi connectivity index (χ3v) is 3.58. The van der Waals surface area contributed by atoms with Gasteiger partial charge in [0, 0.05) is 28.9 Å². The van der Waals surface area contributed by atoms with Crippen LogP contribution in [0.25, 0.3) is 10.8 Å². The summed E-state index contributed by atoms with van der Waals surface area (Å²) in [6.45, 7) is 0. The van der Waals surface area contributed by atoms with Crippen LogP contribution in [0.2, 0.25) is 5.02 Å². The average Bonchev–Trinajstić information content (AvgIpc) is 2.50. The largest absolute Gasteiger partial charge is 0.332 e. The van der Waals surface area contributed by atoms with E-state index in [9.17, 15) is 0 Å². The first-order valence-electron chi connectivity index (χ1n) is 6.39. The first kappa shape index (κ1) is 13.8. The fourth-order valence-corrected chi connectivity index (χ4v) is 2.47. The van der Waals surface area contributed by atoms with E-state index in [0.29, 0.717) is 10.1 Å². The monoisotopic (exact) mass is 313 g/mol. The molecule has 2 aromatic carbocycles. The van der Waals surface area contributed by atoms with Gasteiger partial charge in [0.2, 0.25) is 0 Å². The Bertz CT molecular complexity index is 799. The molecule has 0 aliphatic rings. The molecule has 3 aromatic rings. The highest BCUT2D eigenvalue weighted by atomic mass is 35.5. The number of nitrogens with zero attached hydrogens (tertiary/aromatic N) is 1. The van der Waals surface area contributed by atoms with Gasteiger partial charge in [-0.3, -0.25) is 4.98 Å². The normalized spacial score (nSPS) is 10.3. The van der Waals surface area contributed by atoms with Crippen molar-refractivity contribution >= 4 is 51.1 Å². The predicted molar refractivity (Wildman–Crippen MR) is 93.0 cm³/mol. The van der Waals surface area contributed by atoms with Crippen LogP contribution in [0.1, 0.15) is 0 Å². The number of hydrogen-bond donors (Lipinski definition) is 2. The zero-order chi connectivity index (χ0) is 14.7. The summed E-state index contributed by atoms with van der Waals surface area (Å²) in [5, 5.41) is 9.54. The number of nitrogens with one attached hydrogen (secondary N) is 2. The van der Waals surface area contributed by atoms with Crippen molar-refractivity contribution in [3.63, 3.8) is 0 Å². The van der Waals surface area contributed by atoms with E-state index in [-0.39, 0.29) is 0 Å². The lowest BCUT2D eigenvalue weighted by molar-refractivity contribution is 1.36. The minimum Gasteiger partial charge on any atom is -0.332 e. The zero-order valence-electron chi connectivity index (χ0n) is 11.0. The maximum Gasteiger partial charge on any atom is 0.175 e. The lowest BCUT2D eigenvalue weighted by atomic mass is 10.1. The fraction of sp³-hybridized carbons (Fsp3) is 0. The molecule has 1 aromatic heterocycles. The average molecular weight is 314 g/mol. The maximum atomic E-state index is 6.11. The number of pyridine rings is 1. The summed E-state index contributed by atoms with van der Waals surface area (Å²) in [6, 6.07) is 15.4. The van der Waals surface area contributed by atoms with E-state index in [0.717, 1.165) is 22.1 Å². The van der Waals surface area contributed by atoms with Gasteiger partial charge in [-0.1, -0.05) is 35.9 Å². The topological polar surface area (TPSA) is 37.0 Å². The molecule has 3 rings (SSSR count). The molecular formula is C16H12ClN3S. The Morgan fingerprint density at radius 1 is 0.952 bits per heavy atom. The molecule has 0 spiro atoms. The number of anilines is 2. The molecule has 5 heteroatoms. The van der Waals surface area contributed by atoms with Crippen molar-refractivity contribution in [2.75, 3.05) is 10.6 Å². The summed E-state index contributed by atoms with van der Waals surface area (Å²) in [5.41, 5.74) is 1.71. The number of fused-ring (bicyclic) bond motifs is 1. The van der Waals surface area contributed by atoms with Crippen LogP contribution in [0.5, 0.6) is 0 Å². The third kappa shape index (κ3) is 3.12. The van der Waals surface area contributed by atoms with Crippen molar-refractivity contribution in [1.29, 1.82) is 0 Å². The summed E-state index contributed by atoms with van der Waals surface area (Å²) >= 11 is 11.5. The van der Waals surface area contributed by atoms with Gasteiger partial charge in [-0.2, -0.15) is 0 Å². The Morgan fingerprint density at radius 3 is 2.57 bits per heavy atom. The smallest absolute Gasteiger partial charge is 0.175 e. The van der Waals surface area contributed by atoms with E-state index in [2.05, 4.69) is 15.6 Å². The van der Waals surface area contributed by atoms with Gasteiger partial charge in [0.1, 0.15) is 0 Å². The van der Waals surface area contributed by atoms with Gasteiger partial charge in [-0.15, -0.1) is 0 Å². The number of para-hydroxylation sites is 1. The molecule has 0 radical (unpaired) electrons. The van der Waals surface area contributed by atoms with Gasteiger partial charge in [0.15, 0.2) is 5.11 Å². The Balaban J connectivity index is 1.82. The van der Waals surface area contributed by atoms with Crippen molar-refractivity contribution < 1.29 is 0 Å². The lowest BCUT2D eigenvalue weighted by Gasteiger charge is -2.13. The second kappa shape index (κ2) is 6.08. The van der Waals surface area contributed by atoms with Gasteiger partial charge in [0.25, 0.3) is 0 Å². The van der Waals surface area contributed by atoms with Crippen LogP contribution in [0.3, 0.4) is 0 Å². The highest BCUT2D eigenvalue weighted by molar-refractivity contribution is 7.80. The second-order valence-corrected chi connectivity index (χ2v) is 5.28. The van der Waals surface area contributed by atoms with E-state index in [1.807, 2.05) is 54.7 Å². The van der Waals surface area contributed by atoms with Crippen LogP contribution in [0.4, 0.5) is 11.4 Å².